The minimum Gasteiger partial charge on any atom is -0.456 e. The molecule has 1 aromatic carbocycles. The number of carbonyl (C=O) groups excluding carboxylic acids is 2. The lowest BCUT2D eigenvalue weighted by Gasteiger charge is -2.18. The van der Waals surface area contributed by atoms with Gasteiger partial charge in [-0.3, -0.25) is 4.79 Å². The topological polar surface area (TPSA) is 61.2 Å². The Morgan fingerprint density at radius 2 is 1.83 bits per heavy atom. The van der Waals surface area contributed by atoms with Gasteiger partial charge in [0.15, 0.2) is 5.78 Å². The lowest BCUT2D eigenvalue weighted by atomic mass is 10.1. The van der Waals surface area contributed by atoms with Gasteiger partial charge in [0, 0.05) is 12.0 Å². The Kier molecular flexibility index (Phi) is 5.44. The van der Waals surface area contributed by atoms with Gasteiger partial charge in [-0.2, -0.15) is 5.10 Å². The molecule has 0 N–H and O–H groups in total. The normalized spacial score (nSPS) is 11.4. The van der Waals surface area contributed by atoms with E-state index in [1.54, 1.807) is 32.9 Å². The highest BCUT2D eigenvalue weighted by molar-refractivity contribution is 6.32. The van der Waals surface area contributed by atoms with E-state index in [-0.39, 0.29) is 16.5 Å². The summed E-state index contributed by atoms with van der Waals surface area (Å²) in [5.74, 6) is -0.395. The van der Waals surface area contributed by atoms with E-state index in [2.05, 4.69) is 5.10 Å². The first-order valence-electron chi connectivity index (χ1n) is 7.78. The average molecular weight is 349 g/mol. The predicted octanol–water partition coefficient (Wildman–Crippen LogP) is 4.13. The lowest BCUT2D eigenvalue weighted by molar-refractivity contribution is 0.00695. The number of nitrogens with zero attached hydrogens (tertiary/aromatic N) is 2. The largest absolute Gasteiger partial charge is 0.456 e. The molecule has 0 aliphatic carbocycles. The summed E-state index contributed by atoms with van der Waals surface area (Å²) >= 11 is 6.25. The summed E-state index contributed by atoms with van der Waals surface area (Å²) in [6, 6.07) is 7.28. The van der Waals surface area contributed by atoms with E-state index in [0.717, 1.165) is 5.56 Å². The van der Waals surface area contributed by atoms with Gasteiger partial charge in [0.05, 0.1) is 12.7 Å². The van der Waals surface area contributed by atoms with Gasteiger partial charge in [-0.25, -0.2) is 9.48 Å². The summed E-state index contributed by atoms with van der Waals surface area (Å²) in [4.78, 5) is 23.7. The van der Waals surface area contributed by atoms with Crippen molar-refractivity contribution in [3.05, 3.63) is 52.3 Å². The highest BCUT2D eigenvalue weighted by Gasteiger charge is 2.22. The molecule has 128 valence electrons. The molecule has 0 atom stereocenters. The molecule has 0 aliphatic heterocycles. The molecule has 0 saturated carbocycles. The van der Waals surface area contributed by atoms with Crippen LogP contribution in [0.15, 0.2) is 30.5 Å². The standard InChI is InChI=1S/C18H21ClN2O3/c1-5-15(22)13-8-6-12(7-9-13)11-21-16(19)14(10-20-21)17(23)24-18(2,3)4/h6-10H,5,11H2,1-4H3. The van der Waals surface area contributed by atoms with Gasteiger partial charge < -0.3 is 4.74 Å². The molecule has 2 aromatic rings. The number of halogens is 1. The van der Waals surface area contributed by atoms with Gasteiger partial charge in [-0.15, -0.1) is 0 Å². The smallest absolute Gasteiger partial charge is 0.343 e. The first kappa shape index (κ1) is 18.2. The second kappa shape index (κ2) is 7.18. The number of hydrogen-bond donors (Lipinski definition) is 0. The van der Waals surface area contributed by atoms with E-state index >= 15 is 0 Å². The van der Waals surface area contributed by atoms with Crippen LogP contribution in [0.4, 0.5) is 0 Å². The maximum Gasteiger partial charge on any atom is 0.343 e. The zero-order valence-corrected chi connectivity index (χ0v) is 15.1. The fourth-order valence-corrected chi connectivity index (χ4v) is 2.35. The Morgan fingerprint density at radius 3 is 2.38 bits per heavy atom. The third-order valence-electron chi connectivity index (χ3n) is 3.32. The second-order valence-corrected chi connectivity index (χ2v) is 6.84. The van der Waals surface area contributed by atoms with E-state index in [4.69, 9.17) is 16.3 Å². The van der Waals surface area contributed by atoms with Crippen molar-refractivity contribution in [3.8, 4) is 0 Å². The van der Waals surface area contributed by atoms with Crippen LogP contribution in [0.2, 0.25) is 5.15 Å². The van der Waals surface area contributed by atoms with E-state index in [1.807, 2.05) is 19.1 Å². The van der Waals surface area contributed by atoms with Crippen LogP contribution in [0.1, 0.15) is 60.4 Å². The first-order valence-corrected chi connectivity index (χ1v) is 8.16. The Hall–Kier alpha value is -2.14. The highest BCUT2D eigenvalue weighted by atomic mass is 35.5. The number of hydrogen-bond acceptors (Lipinski definition) is 4. The Balaban J connectivity index is 2.14. The van der Waals surface area contributed by atoms with E-state index < -0.39 is 11.6 Å². The number of ether oxygens (including phenoxy) is 1. The van der Waals surface area contributed by atoms with Crippen LogP contribution in [0, 0.1) is 0 Å². The monoisotopic (exact) mass is 348 g/mol. The van der Waals surface area contributed by atoms with Crippen LogP contribution < -0.4 is 0 Å². The molecule has 0 aliphatic rings. The number of benzene rings is 1. The van der Waals surface area contributed by atoms with E-state index in [9.17, 15) is 9.59 Å². The van der Waals surface area contributed by atoms with Crippen molar-refractivity contribution in [2.75, 3.05) is 0 Å². The van der Waals surface area contributed by atoms with Crippen LogP contribution in [0.5, 0.6) is 0 Å². The number of carbonyl (C=O) groups is 2. The molecule has 0 unspecified atom stereocenters. The van der Waals surface area contributed by atoms with Crippen molar-refractivity contribution in [3.63, 3.8) is 0 Å². The van der Waals surface area contributed by atoms with Crippen molar-refractivity contribution < 1.29 is 14.3 Å². The summed E-state index contributed by atoms with van der Waals surface area (Å²) in [6.45, 7) is 7.62. The molecular weight excluding hydrogens is 328 g/mol. The highest BCUT2D eigenvalue weighted by Crippen LogP contribution is 2.21. The Morgan fingerprint density at radius 1 is 1.21 bits per heavy atom. The van der Waals surface area contributed by atoms with Gasteiger partial charge in [0.25, 0.3) is 0 Å². The predicted molar refractivity (Wildman–Crippen MR) is 92.6 cm³/mol. The molecular formula is C18H21ClN2O3. The van der Waals surface area contributed by atoms with Crippen molar-refractivity contribution >= 4 is 23.4 Å². The van der Waals surface area contributed by atoms with Crippen LogP contribution in [0.25, 0.3) is 0 Å². The maximum atomic E-state index is 12.1. The molecule has 1 heterocycles. The Labute approximate surface area is 146 Å². The molecule has 0 fully saturated rings. The van der Waals surface area contributed by atoms with Crippen molar-refractivity contribution in [2.45, 2.75) is 46.3 Å². The number of rotatable bonds is 5. The maximum absolute atomic E-state index is 12.1. The van der Waals surface area contributed by atoms with Gasteiger partial charge in [-0.1, -0.05) is 42.8 Å². The lowest BCUT2D eigenvalue weighted by Crippen LogP contribution is -2.23. The third kappa shape index (κ3) is 4.45. The molecule has 1 aromatic heterocycles. The minimum absolute atomic E-state index is 0.103. The fourth-order valence-electron chi connectivity index (χ4n) is 2.12. The zero-order chi connectivity index (χ0) is 17.9. The van der Waals surface area contributed by atoms with Crippen LogP contribution >= 0.6 is 11.6 Å². The number of ketones is 1. The van der Waals surface area contributed by atoms with Crippen LogP contribution in [0.3, 0.4) is 0 Å². The molecule has 0 saturated heterocycles. The third-order valence-corrected chi connectivity index (χ3v) is 3.72. The van der Waals surface area contributed by atoms with E-state index in [0.29, 0.717) is 18.5 Å². The summed E-state index contributed by atoms with van der Waals surface area (Å²) in [5.41, 5.74) is 1.26. The summed E-state index contributed by atoms with van der Waals surface area (Å²) in [5, 5.41) is 4.39. The zero-order valence-electron chi connectivity index (χ0n) is 14.3. The van der Waals surface area contributed by atoms with Gasteiger partial charge in [0.2, 0.25) is 0 Å². The minimum atomic E-state index is -0.593. The van der Waals surface area contributed by atoms with Crippen molar-refractivity contribution in [2.24, 2.45) is 0 Å². The Bertz CT molecular complexity index is 743. The number of esters is 1. The molecule has 24 heavy (non-hydrogen) atoms. The second-order valence-electron chi connectivity index (χ2n) is 6.48. The average Bonchev–Trinajstić information content (AvgIpc) is 2.87. The van der Waals surface area contributed by atoms with Crippen molar-refractivity contribution in [1.82, 2.24) is 9.78 Å². The SMILES string of the molecule is CCC(=O)c1ccc(Cn2ncc(C(=O)OC(C)(C)C)c2Cl)cc1. The van der Waals surface area contributed by atoms with Crippen molar-refractivity contribution in [1.29, 1.82) is 0 Å². The molecule has 0 bridgehead atoms. The molecule has 0 amide bonds. The van der Waals surface area contributed by atoms with Crippen LogP contribution in [-0.2, 0) is 11.3 Å². The van der Waals surface area contributed by atoms with Crippen LogP contribution in [-0.4, -0.2) is 27.1 Å². The fraction of sp³-hybridized carbons (Fsp3) is 0.389. The first-order chi connectivity index (χ1) is 11.2. The van der Waals surface area contributed by atoms with Gasteiger partial charge >= 0.3 is 5.97 Å². The quantitative estimate of drug-likeness (QED) is 0.602. The number of aromatic nitrogens is 2. The summed E-state index contributed by atoms with van der Waals surface area (Å²) < 4.78 is 6.83. The van der Waals surface area contributed by atoms with Gasteiger partial charge in [-0.05, 0) is 26.3 Å². The molecule has 0 spiro atoms. The molecule has 5 nitrogen and oxygen atoms in total. The molecule has 2 rings (SSSR count). The number of Topliss-reactive ketones (excluding diaryl/α,β-unsaturated/α-hetero) is 1. The summed E-state index contributed by atoms with van der Waals surface area (Å²) in [7, 11) is 0. The molecule has 6 heteroatoms. The molecule has 0 radical (unpaired) electrons. The van der Waals surface area contributed by atoms with E-state index in [1.165, 1.54) is 10.9 Å². The van der Waals surface area contributed by atoms with Gasteiger partial charge in [0.1, 0.15) is 16.3 Å². The summed E-state index contributed by atoms with van der Waals surface area (Å²) in [6.07, 6.45) is 1.88.